The fourth-order valence-corrected chi connectivity index (χ4v) is 1.70. The molecular formula is C7H6F2INO2. The number of rotatable bonds is 2. The third-order valence-corrected chi connectivity index (χ3v) is 2.18. The Morgan fingerprint density at radius 1 is 1.62 bits per heavy atom. The highest BCUT2D eigenvalue weighted by Gasteiger charge is 2.17. The lowest BCUT2D eigenvalue weighted by molar-refractivity contribution is 0.146. The number of pyridine rings is 1. The quantitative estimate of drug-likeness (QED) is 0.670. The monoisotopic (exact) mass is 301 g/mol. The van der Waals surface area contributed by atoms with Gasteiger partial charge in [-0.25, -0.2) is 8.78 Å². The molecule has 0 spiro atoms. The summed E-state index contributed by atoms with van der Waals surface area (Å²) >= 11 is 1.73. The van der Waals surface area contributed by atoms with Gasteiger partial charge >= 0.3 is 0 Å². The van der Waals surface area contributed by atoms with Crippen LogP contribution in [0.5, 0.6) is 5.75 Å². The first-order valence-electron chi connectivity index (χ1n) is 3.31. The summed E-state index contributed by atoms with van der Waals surface area (Å²) in [6, 6.07) is 0.839. The summed E-state index contributed by atoms with van der Waals surface area (Å²) in [5, 5.41) is 0. The Morgan fingerprint density at radius 3 is 2.69 bits per heavy atom. The van der Waals surface area contributed by atoms with Gasteiger partial charge in [0.2, 0.25) is 5.56 Å². The van der Waals surface area contributed by atoms with E-state index in [1.165, 1.54) is 7.11 Å². The maximum atomic E-state index is 12.3. The summed E-state index contributed by atoms with van der Waals surface area (Å²) in [5.41, 5.74) is -0.934. The summed E-state index contributed by atoms with van der Waals surface area (Å²) in [5.74, 6) is 0.0233. The molecule has 1 aromatic rings. The largest absolute Gasteiger partial charge is 0.494 e. The van der Waals surface area contributed by atoms with E-state index in [4.69, 9.17) is 4.74 Å². The van der Waals surface area contributed by atoms with E-state index in [1.54, 1.807) is 22.6 Å². The van der Waals surface area contributed by atoms with Crippen LogP contribution in [0.1, 0.15) is 12.0 Å². The molecule has 0 aliphatic carbocycles. The van der Waals surface area contributed by atoms with E-state index in [9.17, 15) is 13.6 Å². The molecule has 0 bridgehead atoms. The van der Waals surface area contributed by atoms with Gasteiger partial charge in [-0.2, -0.15) is 0 Å². The van der Waals surface area contributed by atoms with Gasteiger partial charge in [-0.3, -0.25) is 4.79 Å². The van der Waals surface area contributed by atoms with Gasteiger partial charge in [-0.15, -0.1) is 0 Å². The Labute approximate surface area is 86.2 Å². The smallest absolute Gasteiger partial charge is 0.267 e. The number of aromatic nitrogens is 1. The third-order valence-electron chi connectivity index (χ3n) is 1.42. The minimum Gasteiger partial charge on any atom is -0.494 e. The predicted molar refractivity (Wildman–Crippen MR) is 51.3 cm³/mol. The highest BCUT2D eigenvalue weighted by molar-refractivity contribution is 14.1. The second kappa shape index (κ2) is 4.03. The standard InChI is InChI=1S/C7H6F2INO2/c1-13-5-3(6(8)9)2-4(12)11-7(5)10/h2,6H,1H3,(H,11,12). The summed E-state index contributed by atoms with van der Waals surface area (Å²) in [4.78, 5) is 13.2. The minimum atomic E-state index is -2.70. The maximum absolute atomic E-state index is 12.3. The number of methoxy groups -OCH3 is 1. The summed E-state index contributed by atoms with van der Waals surface area (Å²) in [7, 11) is 1.28. The topological polar surface area (TPSA) is 42.1 Å². The lowest BCUT2D eigenvalue weighted by Crippen LogP contribution is -2.10. The molecule has 1 heterocycles. The lowest BCUT2D eigenvalue weighted by atomic mass is 10.2. The van der Waals surface area contributed by atoms with Crippen LogP contribution in [0, 0.1) is 3.70 Å². The van der Waals surface area contributed by atoms with Gasteiger partial charge in [-0.05, 0) is 22.6 Å². The number of hydrogen-bond donors (Lipinski definition) is 1. The van der Waals surface area contributed by atoms with Crippen molar-refractivity contribution in [3.05, 3.63) is 25.7 Å². The molecule has 72 valence electrons. The van der Waals surface area contributed by atoms with Crippen molar-refractivity contribution in [2.75, 3.05) is 7.11 Å². The summed E-state index contributed by atoms with van der Waals surface area (Å²) in [6.45, 7) is 0. The van der Waals surface area contributed by atoms with Crippen LogP contribution < -0.4 is 10.3 Å². The van der Waals surface area contributed by atoms with Crippen LogP contribution in [0.25, 0.3) is 0 Å². The zero-order valence-electron chi connectivity index (χ0n) is 6.61. The first-order valence-corrected chi connectivity index (χ1v) is 4.39. The van der Waals surface area contributed by atoms with Gasteiger partial charge in [0.25, 0.3) is 6.43 Å². The van der Waals surface area contributed by atoms with E-state index in [1.807, 2.05) is 0 Å². The van der Waals surface area contributed by atoms with Crippen molar-refractivity contribution < 1.29 is 13.5 Å². The zero-order chi connectivity index (χ0) is 10.0. The number of H-pyrrole nitrogens is 1. The highest BCUT2D eigenvalue weighted by Crippen LogP contribution is 2.29. The van der Waals surface area contributed by atoms with Crippen molar-refractivity contribution >= 4 is 22.6 Å². The summed E-state index contributed by atoms with van der Waals surface area (Å²) < 4.78 is 29.7. The van der Waals surface area contributed by atoms with Gasteiger partial charge in [-0.1, -0.05) is 0 Å². The fourth-order valence-electron chi connectivity index (χ4n) is 0.904. The number of ether oxygens (including phenoxy) is 1. The van der Waals surface area contributed by atoms with Crippen molar-refractivity contribution in [1.29, 1.82) is 0 Å². The fraction of sp³-hybridized carbons (Fsp3) is 0.286. The first kappa shape index (κ1) is 10.4. The van der Waals surface area contributed by atoms with Crippen molar-refractivity contribution in [3.8, 4) is 5.75 Å². The molecular weight excluding hydrogens is 295 g/mol. The molecule has 0 aliphatic heterocycles. The SMILES string of the molecule is COc1c(C(F)F)cc(=O)[nH]c1I. The van der Waals surface area contributed by atoms with Gasteiger partial charge < -0.3 is 9.72 Å². The Hall–Kier alpha value is -0.660. The Morgan fingerprint density at radius 2 is 2.23 bits per heavy atom. The van der Waals surface area contributed by atoms with Crippen molar-refractivity contribution in [2.45, 2.75) is 6.43 Å². The average Bonchev–Trinajstić information content (AvgIpc) is 2.02. The zero-order valence-corrected chi connectivity index (χ0v) is 8.76. The highest BCUT2D eigenvalue weighted by atomic mass is 127. The Bertz CT molecular complexity index is 364. The van der Waals surface area contributed by atoms with Crippen LogP contribution in [0.3, 0.4) is 0 Å². The summed E-state index contributed by atoms with van der Waals surface area (Å²) in [6.07, 6.45) is -2.70. The molecule has 0 atom stereocenters. The molecule has 0 unspecified atom stereocenters. The van der Waals surface area contributed by atoms with Crippen LogP contribution in [0.15, 0.2) is 10.9 Å². The second-order valence-corrected chi connectivity index (χ2v) is 3.32. The number of aromatic amines is 1. The number of halogens is 3. The van der Waals surface area contributed by atoms with E-state index >= 15 is 0 Å². The van der Waals surface area contributed by atoms with Gasteiger partial charge in [0, 0.05) is 6.07 Å². The third kappa shape index (κ3) is 2.17. The Balaban J connectivity index is 3.38. The maximum Gasteiger partial charge on any atom is 0.267 e. The molecule has 0 saturated carbocycles. The molecule has 0 amide bonds. The van der Waals surface area contributed by atoms with E-state index in [0.29, 0.717) is 0 Å². The van der Waals surface area contributed by atoms with Gasteiger partial charge in [0.1, 0.15) is 3.70 Å². The minimum absolute atomic E-state index is 0.0233. The van der Waals surface area contributed by atoms with Crippen molar-refractivity contribution in [1.82, 2.24) is 4.98 Å². The molecule has 0 aliphatic rings. The van der Waals surface area contributed by atoms with E-state index < -0.39 is 12.0 Å². The van der Waals surface area contributed by atoms with Crippen molar-refractivity contribution in [3.63, 3.8) is 0 Å². The Kier molecular flexibility index (Phi) is 3.23. The molecule has 1 aromatic heterocycles. The molecule has 13 heavy (non-hydrogen) atoms. The number of hydrogen-bond acceptors (Lipinski definition) is 2. The predicted octanol–water partition coefficient (Wildman–Crippen LogP) is 1.93. The van der Waals surface area contributed by atoms with Crippen LogP contribution in [0.4, 0.5) is 8.78 Å². The molecule has 3 nitrogen and oxygen atoms in total. The average molecular weight is 301 g/mol. The normalized spacial score (nSPS) is 10.5. The van der Waals surface area contributed by atoms with Gasteiger partial charge in [0.15, 0.2) is 5.75 Å². The molecule has 0 aromatic carbocycles. The van der Waals surface area contributed by atoms with Gasteiger partial charge in [0.05, 0.1) is 12.7 Å². The van der Waals surface area contributed by atoms with E-state index in [-0.39, 0.29) is 15.0 Å². The molecule has 1 N–H and O–H groups in total. The van der Waals surface area contributed by atoms with Crippen molar-refractivity contribution in [2.24, 2.45) is 0 Å². The van der Waals surface area contributed by atoms with Crippen LogP contribution in [0.2, 0.25) is 0 Å². The number of alkyl halides is 2. The second-order valence-electron chi connectivity index (χ2n) is 2.24. The van der Waals surface area contributed by atoms with Crippen LogP contribution in [-0.4, -0.2) is 12.1 Å². The first-order chi connectivity index (χ1) is 6.06. The molecule has 0 saturated heterocycles. The van der Waals surface area contributed by atoms with Crippen LogP contribution >= 0.6 is 22.6 Å². The van der Waals surface area contributed by atoms with E-state index in [0.717, 1.165) is 6.07 Å². The molecule has 0 fully saturated rings. The van der Waals surface area contributed by atoms with E-state index in [2.05, 4.69) is 4.98 Å². The molecule has 6 heteroatoms. The van der Waals surface area contributed by atoms with Crippen LogP contribution in [-0.2, 0) is 0 Å². The lowest BCUT2D eigenvalue weighted by Gasteiger charge is -2.08. The molecule has 0 radical (unpaired) electrons. The number of nitrogens with one attached hydrogen (secondary N) is 1. The molecule has 1 rings (SSSR count).